The van der Waals surface area contributed by atoms with Crippen LogP contribution in [-0.4, -0.2) is 17.5 Å². The summed E-state index contributed by atoms with van der Waals surface area (Å²) in [6.45, 7) is -0.144. The third-order valence-corrected chi connectivity index (χ3v) is 5.29. The van der Waals surface area contributed by atoms with Crippen LogP contribution in [0.2, 0.25) is 0 Å². The molecule has 1 aliphatic rings. The molecular formula is C16H16BrFN2O2S. The van der Waals surface area contributed by atoms with Crippen molar-refractivity contribution in [1.29, 1.82) is 0 Å². The molecule has 0 fully saturated rings. The van der Waals surface area contributed by atoms with Gasteiger partial charge < -0.3 is 4.74 Å². The summed E-state index contributed by atoms with van der Waals surface area (Å²) in [7, 11) is 0. The molecule has 1 aromatic heterocycles. The van der Waals surface area contributed by atoms with Gasteiger partial charge in [-0.1, -0.05) is 6.42 Å². The molecule has 2 aromatic rings. The third-order valence-electron chi connectivity index (χ3n) is 3.59. The fraction of sp³-hybridized carbons (Fsp3) is 0.375. The number of aryl methyl sites for hydroxylation is 2. The van der Waals surface area contributed by atoms with E-state index in [1.165, 1.54) is 35.9 Å². The van der Waals surface area contributed by atoms with E-state index in [1.54, 1.807) is 11.3 Å². The van der Waals surface area contributed by atoms with Crippen LogP contribution in [0, 0.1) is 5.82 Å². The lowest BCUT2D eigenvalue weighted by molar-refractivity contribution is -0.118. The Morgan fingerprint density at radius 1 is 1.35 bits per heavy atom. The summed E-state index contributed by atoms with van der Waals surface area (Å²) in [4.78, 5) is 17.8. The zero-order valence-electron chi connectivity index (χ0n) is 12.4. The summed E-state index contributed by atoms with van der Waals surface area (Å²) in [5, 5.41) is 3.40. The Kier molecular flexibility index (Phi) is 5.27. The summed E-state index contributed by atoms with van der Waals surface area (Å²) < 4.78 is 18.9. The molecule has 4 nitrogen and oxygen atoms in total. The van der Waals surface area contributed by atoms with Gasteiger partial charge in [0.05, 0.1) is 10.2 Å². The molecule has 0 aliphatic heterocycles. The predicted octanol–water partition coefficient (Wildman–Crippen LogP) is 4.33. The number of hydrogen-bond acceptors (Lipinski definition) is 4. The lowest BCUT2D eigenvalue weighted by atomic mass is 10.2. The smallest absolute Gasteiger partial charge is 0.264 e. The Bertz CT molecular complexity index is 697. The third kappa shape index (κ3) is 4.29. The number of amides is 1. The number of anilines is 1. The van der Waals surface area contributed by atoms with Crippen LogP contribution in [0.4, 0.5) is 9.52 Å². The molecule has 0 saturated heterocycles. The van der Waals surface area contributed by atoms with Crippen molar-refractivity contribution in [2.45, 2.75) is 32.1 Å². The number of hydrogen-bond donors (Lipinski definition) is 1. The van der Waals surface area contributed by atoms with Gasteiger partial charge in [-0.2, -0.15) is 0 Å². The minimum Gasteiger partial charge on any atom is -0.483 e. The number of rotatable bonds is 4. The van der Waals surface area contributed by atoms with Crippen LogP contribution in [0.5, 0.6) is 5.75 Å². The van der Waals surface area contributed by atoms with Crippen molar-refractivity contribution in [2.75, 3.05) is 11.9 Å². The first kappa shape index (κ1) is 16.4. The normalized spacial score (nSPS) is 14.0. The van der Waals surface area contributed by atoms with Crippen molar-refractivity contribution < 1.29 is 13.9 Å². The summed E-state index contributed by atoms with van der Waals surface area (Å²) in [5.74, 6) is -0.209. The first-order valence-corrected chi connectivity index (χ1v) is 9.09. The first-order valence-electron chi connectivity index (χ1n) is 7.48. The van der Waals surface area contributed by atoms with Gasteiger partial charge in [0.1, 0.15) is 11.6 Å². The zero-order valence-corrected chi connectivity index (χ0v) is 14.8. The maximum absolute atomic E-state index is 13.0. The van der Waals surface area contributed by atoms with Gasteiger partial charge in [-0.05, 0) is 59.8 Å². The molecule has 1 heterocycles. The molecule has 0 unspecified atom stereocenters. The molecule has 3 rings (SSSR count). The van der Waals surface area contributed by atoms with E-state index in [4.69, 9.17) is 4.74 Å². The summed E-state index contributed by atoms with van der Waals surface area (Å²) in [6.07, 6.45) is 5.61. The van der Waals surface area contributed by atoms with Gasteiger partial charge >= 0.3 is 0 Å². The van der Waals surface area contributed by atoms with Crippen LogP contribution in [-0.2, 0) is 17.6 Å². The Hall–Kier alpha value is -1.47. The lowest BCUT2D eigenvalue weighted by Gasteiger charge is -2.07. The van der Waals surface area contributed by atoms with E-state index in [9.17, 15) is 9.18 Å². The SMILES string of the molecule is O=C(COc1ccc(F)cc1Br)Nc1nc2c(s1)CCCCC2. The van der Waals surface area contributed by atoms with Crippen LogP contribution in [0.15, 0.2) is 22.7 Å². The Balaban J connectivity index is 1.57. The quantitative estimate of drug-likeness (QED) is 0.779. The van der Waals surface area contributed by atoms with Gasteiger partial charge in [0.25, 0.3) is 5.91 Å². The molecule has 0 bridgehead atoms. The van der Waals surface area contributed by atoms with Crippen LogP contribution in [0.25, 0.3) is 0 Å². The minimum atomic E-state index is -0.363. The van der Waals surface area contributed by atoms with Gasteiger partial charge in [0.2, 0.25) is 0 Å². The van der Waals surface area contributed by atoms with Crippen LogP contribution in [0.1, 0.15) is 29.8 Å². The lowest BCUT2D eigenvalue weighted by Crippen LogP contribution is -2.20. The number of nitrogens with zero attached hydrogens (tertiary/aromatic N) is 1. The standard InChI is InChI=1S/C16H16BrFN2O2S/c17-11-8-10(18)6-7-13(11)22-9-15(21)20-16-19-12-4-2-1-3-5-14(12)23-16/h6-8H,1-5,9H2,(H,19,20,21). The summed E-state index contributed by atoms with van der Waals surface area (Å²) >= 11 is 4.75. The largest absolute Gasteiger partial charge is 0.483 e. The highest BCUT2D eigenvalue weighted by atomic mass is 79.9. The van der Waals surface area contributed by atoms with E-state index in [1.807, 2.05) is 0 Å². The second-order valence-corrected chi connectivity index (χ2v) is 7.30. The number of nitrogens with one attached hydrogen (secondary N) is 1. The van der Waals surface area contributed by atoms with Gasteiger partial charge in [0.15, 0.2) is 11.7 Å². The zero-order chi connectivity index (χ0) is 16.2. The number of halogens is 2. The van der Waals surface area contributed by atoms with Crippen molar-refractivity contribution in [3.63, 3.8) is 0 Å². The number of aromatic nitrogens is 1. The molecule has 0 saturated carbocycles. The average Bonchev–Trinajstić information content (AvgIpc) is 2.75. The first-order chi connectivity index (χ1) is 11.1. The summed E-state index contributed by atoms with van der Waals surface area (Å²) in [6, 6.07) is 4.07. The van der Waals surface area contributed by atoms with E-state index >= 15 is 0 Å². The van der Waals surface area contributed by atoms with Crippen molar-refractivity contribution >= 4 is 38.3 Å². The number of fused-ring (bicyclic) bond motifs is 1. The maximum Gasteiger partial charge on any atom is 0.264 e. The molecule has 1 amide bonds. The molecule has 1 aromatic carbocycles. The highest BCUT2D eigenvalue weighted by Gasteiger charge is 2.15. The molecule has 7 heteroatoms. The maximum atomic E-state index is 13.0. The molecule has 122 valence electrons. The van der Waals surface area contributed by atoms with Crippen LogP contribution >= 0.6 is 27.3 Å². The number of benzene rings is 1. The van der Waals surface area contributed by atoms with E-state index < -0.39 is 0 Å². The number of carbonyl (C=O) groups is 1. The Morgan fingerprint density at radius 2 is 2.17 bits per heavy atom. The summed E-state index contributed by atoms with van der Waals surface area (Å²) in [5.41, 5.74) is 1.12. The van der Waals surface area contributed by atoms with Gasteiger partial charge in [-0.3, -0.25) is 10.1 Å². The highest BCUT2D eigenvalue weighted by molar-refractivity contribution is 9.10. The second kappa shape index (κ2) is 7.40. The van der Waals surface area contributed by atoms with Gasteiger partial charge in [0, 0.05) is 4.88 Å². The topological polar surface area (TPSA) is 51.2 Å². The fourth-order valence-electron chi connectivity index (χ4n) is 2.47. The Morgan fingerprint density at radius 3 is 3.00 bits per heavy atom. The fourth-order valence-corrected chi connectivity index (χ4v) is 4.00. The number of ether oxygens (including phenoxy) is 1. The minimum absolute atomic E-state index is 0.144. The van der Waals surface area contributed by atoms with Crippen molar-refractivity contribution in [2.24, 2.45) is 0 Å². The van der Waals surface area contributed by atoms with Crippen molar-refractivity contribution in [1.82, 2.24) is 4.98 Å². The van der Waals surface area contributed by atoms with E-state index in [-0.39, 0.29) is 18.3 Å². The van der Waals surface area contributed by atoms with Crippen LogP contribution < -0.4 is 10.1 Å². The molecular weight excluding hydrogens is 383 g/mol. The van der Waals surface area contributed by atoms with Gasteiger partial charge in [-0.25, -0.2) is 9.37 Å². The van der Waals surface area contributed by atoms with E-state index in [0.29, 0.717) is 15.4 Å². The highest BCUT2D eigenvalue weighted by Crippen LogP contribution is 2.29. The monoisotopic (exact) mass is 398 g/mol. The molecule has 0 radical (unpaired) electrons. The molecule has 0 spiro atoms. The van der Waals surface area contributed by atoms with Crippen molar-refractivity contribution in [3.05, 3.63) is 39.1 Å². The molecule has 23 heavy (non-hydrogen) atoms. The number of thiazole rings is 1. The molecule has 0 atom stereocenters. The average molecular weight is 399 g/mol. The second-order valence-electron chi connectivity index (χ2n) is 5.36. The van der Waals surface area contributed by atoms with Crippen LogP contribution in [0.3, 0.4) is 0 Å². The van der Waals surface area contributed by atoms with Crippen molar-refractivity contribution in [3.8, 4) is 5.75 Å². The molecule has 1 N–H and O–H groups in total. The Labute approximate surface area is 146 Å². The van der Waals surface area contributed by atoms with E-state index in [2.05, 4.69) is 26.2 Å². The van der Waals surface area contributed by atoms with E-state index in [0.717, 1.165) is 25.0 Å². The molecule has 1 aliphatic carbocycles. The number of carbonyl (C=O) groups excluding carboxylic acids is 1. The van der Waals surface area contributed by atoms with Gasteiger partial charge in [-0.15, -0.1) is 11.3 Å². The predicted molar refractivity (Wildman–Crippen MR) is 91.6 cm³/mol.